The molecule has 4 rings (SSSR count). The van der Waals surface area contributed by atoms with Crippen LogP contribution in [-0.4, -0.2) is 97.3 Å². The molecule has 0 radical (unpaired) electrons. The van der Waals surface area contributed by atoms with Crippen molar-refractivity contribution in [1.82, 2.24) is 19.8 Å². The number of aromatic nitrogens is 2. The number of hydrogen-bond donors (Lipinski definition) is 0. The molecule has 0 spiro atoms. The zero-order valence-electron chi connectivity index (χ0n) is 18.7. The second-order valence-electron chi connectivity index (χ2n) is 9.21. The van der Waals surface area contributed by atoms with Gasteiger partial charge in [-0.25, -0.2) is 9.97 Å². The summed E-state index contributed by atoms with van der Waals surface area (Å²) < 4.78 is 5.85. The van der Waals surface area contributed by atoms with Crippen molar-refractivity contribution in [2.24, 2.45) is 5.92 Å². The van der Waals surface area contributed by atoms with Gasteiger partial charge in [-0.3, -0.25) is 9.69 Å². The molecule has 30 heavy (non-hydrogen) atoms. The molecule has 8 nitrogen and oxygen atoms in total. The van der Waals surface area contributed by atoms with E-state index in [2.05, 4.69) is 44.6 Å². The van der Waals surface area contributed by atoms with Crippen molar-refractivity contribution >= 4 is 17.5 Å². The van der Waals surface area contributed by atoms with Crippen LogP contribution in [0, 0.1) is 5.92 Å². The first-order valence-electron chi connectivity index (χ1n) is 11.4. The van der Waals surface area contributed by atoms with Gasteiger partial charge in [0.25, 0.3) is 0 Å². The minimum Gasteiger partial charge on any atom is -0.373 e. The molecule has 166 valence electrons. The number of likely N-dealkylation sites (N-methyl/N-ethyl adjacent to an activating group) is 1. The Balaban J connectivity index is 1.26. The maximum absolute atomic E-state index is 12.0. The molecule has 0 aromatic carbocycles. The summed E-state index contributed by atoms with van der Waals surface area (Å²) in [6.07, 6.45) is 6.02. The first kappa shape index (κ1) is 21.3. The van der Waals surface area contributed by atoms with Gasteiger partial charge in [-0.1, -0.05) is 0 Å². The summed E-state index contributed by atoms with van der Waals surface area (Å²) in [5.41, 5.74) is 0. The summed E-state index contributed by atoms with van der Waals surface area (Å²) in [4.78, 5) is 29.8. The molecule has 3 saturated heterocycles. The molecule has 3 aliphatic heterocycles. The van der Waals surface area contributed by atoms with Crippen molar-refractivity contribution in [3.63, 3.8) is 0 Å². The third-order valence-corrected chi connectivity index (χ3v) is 6.71. The molecular formula is C22H36N6O2. The van der Waals surface area contributed by atoms with E-state index in [1.165, 1.54) is 25.8 Å². The summed E-state index contributed by atoms with van der Waals surface area (Å²) in [5.74, 6) is 2.78. The monoisotopic (exact) mass is 416 g/mol. The van der Waals surface area contributed by atoms with Gasteiger partial charge >= 0.3 is 0 Å². The fraction of sp³-hybridized carbons (Fsp3) is 0.773. The average Bonchev–Trinajstić information content (AvgIpc) is 2.74. The normalized spacial score (nSPS) is 27.0. The minimum atomic E-state index is 0.145. The topological polar surface area (TPSA) is 65.0 Å². The van der Waals surface area contributed by atoms with Crippen LogP contribution in [0.4, 0.5) is 11.6 Å². The van der Waals surface area contributed by atoms with Crippen molar-refractivity contribution in [2.45, 2.75) is 45.3 Å². The molecule has 2 atom stereocenters. The number of ether oxygens (including phenoxy) is 1. The predicted octanol–water partition coefficient (Wildman–Crippen LogP) is 1.47. The number of carbonyl (C=O) groups excluding carboxylic acids is 1. The molecular weight excluding hydrogens is 380 g/mol. The fourth-order valence-electron chi connectivity index (χ4n) is 4.92. The third-order valence-electron chi connectivity index (χ3n) is 6.71. The predicted molar refractivity (Wildman–Crippen MR) is 118 cm³/mol. The van der Waals surface area contributed by atoms with Crippen molar-refractivity contribution in [3.05, 3.63) is 12.4 Å². The third kappa shape index (κ3) is 5.21. The first-order valence-corrected chi connectivity index (χ1v) is 11.4. The minimum absolute atomic E-state index is 0.145. The molecule has 2 unspecified atom stereocenters. The van der Waals surface area contributed by atoms with E-state index in [1.807, 2.05) is 7.05 Å². The Kier molecular flexibility index (Phi) is 6.73. The molecule has 1 amide bonds. The van der Waals surface area contributed by atoms with Crippen molar-refractivity contribution in [1.29, 1.82) is 0 Å². The van der Waals surface area contributed by atoms with Gasteiger partial charge in [0.1, 0.15) is 18.0 Å². The van der Waals surface area contributed by atoms with E-state index < -0.39 is 0 Å². The standard InChI is InChI=1S/C22H36N6O2/c1-17-13-26(14-18(2)30-17)7-4-19-5-8-27(9-6-19)20-12-21(24-16-23-20)28-11-10-25(3)22(29)15-28/h12,16-19H,4-11,13-15H2,1-3H3. The summed E-state index contributed by atoms with van der Waals surface area (Å²) in [6, 6.07) is 2.05. The lowest BCUT2D eigenvalue weighted by molar-refractivity contribution is -0.129. The Morgan fingerprint density at radius 2 is 1.67 bits per heavy atom. The van der Waals surface area contributed by atoms with Crippen LogP contribution >= 0.6 is 0 Å². The number of anilines is 2. The maximum Gasteiger partial charge on any atom is 0.241 e. The highest BCUT2D eigenvalue weighted by Crippen LogP contribution is 2.26. The Labute approximate surface area is 180 Å². The van der Waals surface area contributed by atoms with Crippen LogP contribution in [0.2, 0.25) is 0 Å². The average molecular weight is 417 g/mol. The van der Waals surface area contributed by atoms with E-state index >= 15 is 0 Å². The van der Waals surface area contributed by atoms with Crippen LogP contribution in [0.5, 0.6) is 0 Å². The number of piperidine rings is 1. The second kappa shape index (κ2) is 9.47. The molecule has 4 heterocycles. The zero-order valence-corrected chi connectivity index (χ0v) is 18.7. The number of hydrogen-bond acceptors (Lipinski definition) is 7. The Morgan fingerprint density at radius 1 is 1.00 bits per heavy atom. The quantitative estimate of drug-likeness (QED) is 0.720. The summed E-state index contributed by atoms with van der Waals surface area (Å²) >= 11 is 0. The molecule has 1 aromatic heterocycles. The largest absolute Gasteiger partial charge is 0.373 e. The second-order valence-corrected chi connectivity index (χ2v) is 9.21. The van der Waals surface area contributed by atoms with Gasteiger partial charge in [-0.2, -0.15) is 0 Å². The van der Waals surface area contributed by atoms with Gasteiger partial charge in [0.2, 0.25) is 5.91 Å². The van der Waals surface area contributed by atoms with Gasteiger partial charge in [0, 0.05) is 52.4 Å². The lowest BCUT2D eigenvalue weighted by Crippen LogP contribution is -2.49. The molecule has 3 aliphatic rings. The summed E-state index contributed by atoms with van der Waals surface area (Å²) in [5, 5.41) is 0. The number of piperazine rings is 1. The van der Waals surface area contributed by atoms with E-state index in [4.69, 9.17) is 4.74 Å². The highest BCUT2D eigenvalue weighted by Gasteiger charge is 2.26. The van der Waals surface area contributed by atoms with Crippen LogP contribution in [0.15, 0.2) is 12.4 Å². The van der Waals surface area contributed by atoms with E-state index in [0.717, 1.165) is 56.8 Å². The van der Waals surface area contributed by atoms with E-state index in [-0.39, 0.29) is 5.91 Å². The molecule has 0 saturated carbocycles. The SMILES string of the molecule is CC1CN(CCC2CCN(c3cc(N4CCN(C)C(=O)C4)ncn3)CC2)CC(C)O1. The highest BCUT2D eigenvalue weighted by molar-refractivity contribution is 5.82. The van der Waals surface area contributed by atoms with E-state index in [0.29, 0.717) is 18.8 Å². The van der Waals surface area contributed by atoms with Gasteiger partial charge < -0.3 is 19.4 Å². The van der Waals surface area contributed by atoms with Crippen molar-refractivity contribution in [2.75, 3.05) is 69.2 Å². The van der Waals surface area contributed by atoms with E-state index in [1.54, 1.807) is 11.2 Å². The number of nitrogens with zero attached hydrogens (tertiary/aromatic N) is 6. The Hall–Kier alpha value is -1.93. The number of morpholine rings is 1. The van der Waals surface area contributed by atoms with E-state index in [9.17, 15) is 4.79 Å². The Bertz CT molecular complexity index is 713. The smallest absolute Gasteiger partial charge is 0.241 e. The van der Waals surface area contributed by atoms with Crippen molar-refractivity contribution in [3.8, 4) is 0 Å². The lowest BCUT2D eigenvalue weighted by atomic mass is 9.93. The molecule has 8 heteroatoms. The van der Waals surface area contributed by atoms with Gasteiger partial charge in [-0.05, 0) is 45.6 Å². The number of carbonyl (C=O) groups is 1. The molecule has 0 N–H and O–H groups in total. The molecule has 0 bridgehead atoms. The van der Waals surface area contributed by atoms with Crippen LogP contribution in [0.3, 0.4) is 0 Å². The maximum atomic E-state index is 12.0. The number of amides is 1. The zero-order chi connectivity index (χ0) is 21.1. The van der Waals surface area contributed by atoms with Crippen LogP contribution < -0.4 is 9.80 Å². The molecule has 0 aliphatic carbocycles. The Morgan fingerprint density at radius 3 is 2.33 bits per heavy atom. The van der Waals surface area contributed by atoms with Crippen LogP contribution in [0.1, 0.15) is 33.1 Å². The van der Waals surface area contributed by atoms with Gasteiger partial charge in [0.05, 0.1) is 18.8 Å². The first-order chi connectivity index (χ1) is 14.5. The highest BCUT2D eigenvalue weighted by atomic mass is 16.5. The number of rotatable bonds is 5. The van der Waals surface area contributed by atoms with Crippen molar-refractivity contribution < 1.29 is 9.53 Å². The fourth-order valence-corrected chi connectivity index (χ4v) is 4.92. The van der Waals surface area contributed by atoms with Crippen LogP contribution in [-0.2, 0) is 9.53 Å². The lowest BCUT2D eigenvalue weighted by Gasteiger charge is -2.37. The molecule has 1 aromatic rings. The van der Waals surface area contributed by atoms with Crippen LogP contribution in [0.25, 0.3) is 0 Å². The van der Waals surface area contributed by atoms with Gasteiger partial charge in [-0.15, -0.1) is 0 Å². The van der Waals surface area contributed by atoms with Gasteiger partial charge in [0.15, 0.2) is 0 Å². The molecule has 3 fully saturated rings. The summed E-state index contributed by atoms with van der Waals surface area (Å²) in [6.45, 7) is 11.7. The summed E-state index contributed by atoms with van der Waals surface area (Å²) in [7, 11) is 1.86.